The van der Waals surface area contributed by atoms with Crippen LogP contribution in [0.3, 0.4) is 0 Å². The smallest absolute Gasteiger partial charge is 0.416 e. The molecule has 1 N–H and O–H groups in total. The minimum atomic E-state index is -0.471. The van der Waals surface area contributed by atoms with E-state index in [2.05, 4.69) is 25.4 Å². The minimum absolute atomic E-state index is 0.216. The lowest BCUT2D eigenvalue weighted by Crippen LogP contribution is -2.45. The van der Waals surface area contributed by atoms with E-state index < -0.39 is 6.09 Å². The van der Waals surface area contributed by atoms with Gasteiger partial charge in [0.05, 0.1) is 11.7 Å². The number of rotatable bonds is 7. The van der Waals surface area contributed by atoms with Crippen molar-refractivity contribution in [3.8, 4) is 11.4 Å². The molecule has 1 aromatic carbocycles. The highest BCUT2D eigenvalue weighted by atomic mass is 35.5. The van der Waals surface area contributed by atoms with Crippen LogP contribution in [-0.4, -0.2) is 50.6 Å². The fourth-order valence-electron chi connectivity index (χ4n) is 3.80. The molecule has 0 saturated carbocycles. The molecule has 1 amide bonds. The first kappa shape index (κ1) is 24.9. The van der Waals surface area contributed by atoms with Crippen LogP contribution in [0.4, 0.5) is 16.6 Å². The highest BCUT2D eigenvalue weighted by Gasteiger charge is 2.40. The van der Waals surface area contributed by atoms with Crippen molar-refractivity contribution in [2.24, 2.45) is 0 Å². The van der Waals surface area contributed by atoms with Gasteiger partial charge in [-0.1, -0.05) is 16.8 Å². The summed E-state index contributed by atoms with van der Waals surface area (Å²) in [5.74, 6) is 1.57. The molecule has 0 aliphatic carbocycles. The van der Waals surface area contributed by atoms with E-state index in [1.54, 1.807) is 18.2 Å². The lowest BCUT2D eigenvalue weighted by Gasteiger charge is -2.31. The van der Waals surface area contributed by atoms with Gasteiger partial charge in [-0.15, -0.1) is 0 Å². The van der Waals surface area contributed by atoms with Gasteiger partial charge in [0.2, 0.25) is 17.7 Å². The Kier molecular flexibility index (Phi) is 6.95. The van der Waals surface area contributed by atoms with Crippen LogP contribution in [0.25, 0.3) is 11.4 Å². The predicted octanol–water partition coefficient (Wildman–Crippen LogP) is 5.19. The Morgan fingerprint density at radius 2 is 1.89 bits per heavy atom. The van der Waals surface area contributed by atoms with Gasteiger partial charge in [-0.2, -0.15) is 9.97 Å². The van der Waals surface area contributed by atoms with Crippen molar-refractivity contribution >= 4 is 29.5 Å². The number of hydrogen-bond acceptors (Lipinski definition) is 9. The van der Waals surface area contributed by atoms with E-state index in [4.69, 9.17) is 25.6 Å². The van der Waals surface area contributed by atoms with E-state index in [1.807, 2.05) is 53.7 Å². The first-order valence-corrected chi connectivity index (χ1v) is 11.7. The number of aryl methyl sites for hydroxylation is 1. The van der Waals surface area contributed by atoms with Crippen LogP contribution in [0, 0.1) is 6.92 Å². The molecule has 3 heterocycles. The number of benzene rings is 1. The van der Waals surface area contributed by atoms with E-state index in [0.717, 1.165) is 5.56 Å². The van der Waals surface area contributed by atoms with E-state index in [1.165, 1.54) is 4.90 Å². The zero-order valence-corrected chi connectivity index (χ0v) is 21.3. The molecule has 1 saturated heterocycles. The SMILES string of the molecule is Cc1cc(N2C(=O)OC[C@@H]2[C@@H](C)OC(C)(C)C)nc(N[C@@H](C)c2nc(-c3ccc(Cl)cc3)no2)n1. The second kappa shape index (κ2) is 9.79. The zero-order valence-electron chi connectivity index (χ0n) is 20.6. The number of anilines is 2. The number of nitrogens with zero attached hydrogens (tertiary/aromatic N) is 5. The molecule has 1 aliphatic rings. The zero-order chi connectivity index (χ0) is 25.3. The number of carbonyl (C=O) groups is 1. The van der Waals surface area contributed by atoms with Crippen molar-refractivity contribution in [1.29, 1.82) is 0 Å². The Morgan fingerprint density at radius 3 is 2.57 bits per heavy atom. The molecular formula is C24H29ClN6O4. The second-order valence-electron chi connectivity index (χ2n) is 9.47. The lowest BCUT2D eigenvalue weighted by molar-refractivity contribution is -0.0618. The normalized spacial score (nSPS) is 17.9. The quantitative estimate of drug-likeness (QED) is 0.467. The fourth-order valence-corrected chi connectivity index (χ4v) is 3.93. The van der Waals surface area contributed by atoms with Gasteiger partial charge in [0.1, 0.15) is 24.5 Å². The Bertz CT molecular complexity index is 1190. The average Bonchev–Trinajstić information content (AvgIpc) is 3.40. The number of carbonyl (C=O) groups excluding carboxylic acids is 1. The van der Waals surface area contributed by atoms with Crippen LogP contribution in [0.1, 0.15) is 52.2 Å². The number of hydrogen-bond donors (Lipinski definition) is 1. The molecule has 3 atom stereocenters. The summed E-state index contributed by atoms with van der Waals surface area (Å²) in [4.78, 5) is 27.6. The summed E-state index contributed by atoms with van der Waals surface area (Å²) in [5, 5.41) is 7.86. The Labute approximate surface area is 209 Å². The summed E-state index contributed by atoms with van der Waals surface area (Å²) in [5.41, 5.74) is 1.10. The van der Waals surface area contributed by atoms with Crippen LogP contribution in [-0.2, 0) is 9.47 Å². The first-order valence-electron chi connectivity index (χ1n) is 11.4. The standard InChI is InChI=1S/C24H29ClN6O4/c1-13-11-19(31-18(12-33-23(31)32)15(3)34-24(4,5)6)28-22(26-13)27-14(2)21-29-20(30-35-21)16-7-9-17(25)10-8-16/h7-11,14-15,18H,12H2,1-6H3,(H,26,27,28)/t14-,15+,18+/m0/s1. The van der Waals surface area contributed by atoms with Gasteiger partial charge in [-0.25, -0.2) is 9.78 Å². The third-order valence-electron chi connectivity index (χ3n) is 5.33. The number of ether oxygens (including phenoxy) is 2. The highest BCUT2D eigenvalue weighted by Crippen LogP contribution is 2.28. The molecule has 1 aliphatic heterocycles. The fraction of sp³-hybridized carbons (Fsp3) is 0.458. The van der Waals surface area contributed by atoms with Gasteiger partial charge >= 0.3 is 6.09 Å². The van der Waals surface area contributed by atoms with Crippen LogP contribution < -0.4 is 10.2 Å². The second-order valence-corrected chi connectivity index (χ2v) is 9.91. The summed E-state index contributed by atoms with van der Waals surface area (Å²) in [6.45, 7) is 11.7. The summed E-state index contributed by atoms with van der Waals surface area (Å²) in [6.07, 6.45) is -0.738. The molecule has 35 heavy (non-hydrogen) atoms. The molecule has 2 aromatic heterocycles. The number of halogens is 1. The summed E-state index contributed by atoms with van der Waals surface area (Å²) >= 11 is 5.95. The van der Waals surface area contributed by atoms with Crippen molar-refractivity contribution in [2.45, 2.75) is 65.3 Å². The molecule has 3 aromatic rings. The molecule has 186 valence electrons. The van der Waals surface area contributed by atoms with Gasteiger partial charge in [0.25, 0.3) is 0 Å². The molecule has 0 bridgehead atoms. The van der Waals surface area contributed by atoms with Crippen molar-refractivity contribution in [1.82, 2.24) is 20.1 Å². The largest absolute Gasteiger partial charge is 0.447 e. The predicted molar refractivity (Wildman–Crippen MR) is 131 cm³/mol. The molecule has 0 radical (unpaired) electrons. The number of amides is 1. The van der Waals surface area contributed by atoms with Gasteiger partial charge in [-0.05, 0) is 65.8 Å². The van der Waals surface area contributed by atoms with E-state index >= 15 is 0 Å². The summed E-state index contributed by atoms with van der Waals surface area (Å²) < 4.78 is 16.9. The number of aromatic nitrogens is 4. The molecule has 10 nitrogen and oxygen atoms in total. The number of cyclic esters (lactones) is 1. The van der Waals surface area contributed by atoms with Crippen molar-refractivity contribution in [2.75, 3.05) is 16.8 Å². The van der Waals surface area contributed by atoms with E-state index in [0.29, 0.717) is 34.2 Å². The minimum Gasteiger partial charge on any atom is -0.447 e. The maximum Gasteiger partial charge on any atom is 0.416 e. The molecule has 0 unspecified atom stereocenters. The Hall–Kier alpha value is -3.24. The third-order valence-corrected chi connectivity index (χ3v) is 5.59. The average molecular weight is 501 g/mol. The third kappa shape index (κ3) is 5.88. The lowest BCUT2D eigenvalue weighted by atomic mass is 10.1. The van der Waals surface area contributed by atoms with E-state index in [-0.39, 0.29) is 30.4 Å². The van der Waals surface area contributed by atoms with Crippen LogP contribution in [0.5, 0.6) is 0 Å². The molecule has 1 fully saturated rings. The van der Waals surface area contributed by atoms with Gasteiger partial charge < -0.3 is 19.3 Å². The Morgan fingerprint density at radius 1 is 1.17 bits per heavy atom. The van der Waals surface area contributed by atoms with Crippen LogP contribution in [0.15, 0.2) is 34.9 Å². The van der Waals surface area contributed by atoms with Crippen molar-refractivity contribution < 1.29 is 18.8 Å². The summed E-state index contributed by atoms with van der Waals surface area (Å²) in [6, 6.07) is 8.20. The molecule has 0 spiro atoms. The molecule has 4 rings (SSSR count). The number of nitrogens with one attached hydrogen (secondary N) is 1. The summed E-state index contributed by atoms with van der Waals surface area (Å²) in [7, 11) is 0. The maximum atomic E-state index is 12.6. The topological polar surface area (TPSA) is 116 Å². The molecular weight excluding hydrogens is 472 g/mol. The maximum absolute atomic E-state index is 12.6. The van der Waals surface area contributed by atoms with E-state index in [9.17, 15) is 4.79 Å². The Balaban J connectivity index is 1.53. The monoisotopic (exact) mass is 500 g/mol. The van der Waals surface area contributed by atoms with Gasteiger partial charge in [-0.3, -0.25) is 4.90 Å². The molecule has 11 heteroatoms. The van der Waals surface area contributed by atoms with Crippen molar-refractivity contribution in [3.05, 3.63) is 46.9 Å². The van der Waals surface area contributed by atoms with Crippen LogP contribution in [0.2, 0.25) is 5.02 Å². The highest BCUT2D eigenvalue weighted by molar-refractivity contribution is 6.30. The van der Waals surface area contributed by atoms with Gasteiger partial charge in [0, 0.05) is 22.3 Å². The van der Waals surface area contributed by atoms with Gasteiger partial charge in [0.15, 0.2) is 0 Å². The van der Waals surface area contributed by atoms with Crippen molar-refractivity contribution in [3.63, 3.8) is 0 Å². The van der Waals surface area contributed by atoms with Crippen LogP contribution >= 0.6 is 11.6 Å². The first-order chi connectivity index (χ1) is 16.5.